The molecular weight excluding hydrogens is 805 g/mol. The van der Waals surface area contributed by atoms with E-state index in [2.05, 4.69) is 57.2 Å². The van der Waals surface area contributed by atoms with E-state index in [1.165, 1.54) is 180 Å². The quantitative estimate of drug-likeness (QED) is 0.0262. The van der Waals surface area contributed by atoms with Gasteiger partial charge in [0.15, 0.2) is 6.10 Å². The van der Waals surface area contributed by atoms with Crippen LogP contribution < -0.4 is 0 Å². The molecule has 6 nitrogen and oxygen atoms in total. The van der Waals surface area contributed by atoms with Crippen LogP contribution in [0, 0.1) is 0 Å². The summed E-state index contributed by atoms with van der Waals surface area (Å²) in [7, 11) is 0. The van der Waals surface area contributed by atoms with E-state index in [0.717, 1.165) is 83.5 Å². The second kappa shape index (κ2) is 54.2. The van der Waals surface area contributed by atoms with Crippen LogP contribution in [-0.2, 0) is 28.6 Å². The fourth-order valence-electron chi connectivity index (χ4n) is 8.40. The SMILES string of the molecule is CC/C=C\C/C=C\C/C=C\CCCCCC(=O)OC(COC(=O)CCCCCCCCCCCCC)COC(=O)CCCCCCCCCCCCCCCCCCCCCCCCC. The second-order valence-electron chi connectivity index (χ2n) is 19.2. The van der Waals surface area contributed by atoms with Crippen molar-refractivity contribution in [1.29, 1.82) is 0 Å². The number of allylic oxidation sites excluding steroid dienone is 6. The van der Waals surface area contributed by atoms with Crippen molar-refractivity contribution in [2.45, 2.75) is 309 Å². The largest absolute Gasteiger partial charge is 0.462 e. The smallest absolute Gasteiger partial charge is 0.306 e. The summed E-state index contributed by atoms with van der Waals surface area (Å²) in [6.07, 6.45) is 64.4. The maximum atomic E-state index is 12.8. The van der Waals surface area contributed by atoms with Crippen molar-refractivity contribution in [3.8, 4) is 0 Å². The molecule has 0 fully saturated rings. The molecule has 0 heterocycles. The lowest BCUT2D eigenvalue weighted by molar-refractivity contribution is -0.167. The zero-order chi connectivity index (χ0) is 47.2. The Labute approximate surface area is 404 Å². The van der Waals surface area contributed by atoms with Crippen LogP contribution in [0.15, 0.2) is 36.5 Å². The third-order valence-electron chi connectivity index (χ3n) is 12.7. The highest BCUT2D eigenvalue weighted by Crippen LogP contribution is 2.17. The molecule has 0 amide bonds. The van der Waals surface area contributed by atoms with Crippen LogP contribution in [0.2, 0.25) is 0 Å². The number of carbonyl (C=O) groups excluding carboxylic acids is 3. The minimum Gasteiger partial charge on any atom is -0.462 e. The minimum atomic E-state index is -0.782. The van der Waals surface area contributed by atoms with Gasteiger partial charge in [-0.2, -0.15) is 0 Å². The lowest BCUT2D eigenvalue weighted by atomic mass is 10.0. The average Bonchev–Trinajstić information content (AvgIpc) is 3.30. The molecule has 380 valence electrons. The molecule has 0 aliphatic rings. The Morgan fingerprint density at radius 1 is 0.323 bits per heavy atom. The van der Waals surface area contributed by atoms with Gasteiger partial charge in [0.2, 0.25) is 0 Å². The Kier molecular flexibility index (Phi) is 52.3. The van der Waals surface area contributed by atoms with Gasteiger partial charge in [0.1, 0.15) is 13.2 Å². The molecule has 0 aromatic heterocycles. The first-order chi connectivity index (χ1) is 32.0. The fourth-order valence-corrected chi connectivity index (χ4v) is 8.40. The number of hydrogen-bond donors (Lipinski definition) is 0. The Morgan fingerprint density at radius 3 is 0.938 bits per heavy atom. The molecule has 6 heteroatoms. The molecule has 1 atom stereocenters. The van der Waals surface area contributed by atoms with E-state index in [1.807, 2.05) is 0 Å². The molecular formula is C59H108O6. The van der Waals surface area contributed by atoms with Gasteiger partial charge in [-0.25, -0.2) is 0 Å². The fraction of sp³-hybridized carbons (Fsp3) is 0.847. The van der Waals surface area contributed by atoms with Crippen LogP contribution in [-0.4, -0.2) is 37.2 Å². The second-order valence-corrected chi connectivity index (χ2v) is 19.2. The van der Waals surface area contributed by atoms with Crippen LogP contribution >= 0.6 is 0 Å². The molecule has 0 saturated carbocycles. The predicted octanol–water partition coefficient (Wildman–Crippen LogP) is 18.9. The third kappa shape index (κ3) is 52.5. The van der Waals surface area contributed by atoms with Crippen molar-refractivity contribution in [2.75, 3.05) is 13.2 Å². The Bertz CT molecular complexity index is 1090. The van der Waals surface area contributed by atoms with Gasteiger partial charge in [-0.05, 0) is 51.4 Å². The molecule has 1 unspecified atom stereocenters. The third-order valence-corrected chi connectivity index (χ3v) is 12.7. The number of esters is 3. The van der Waals surface area contributed by atoms with Crippen LogP contribution in [0.1, 0.15) is 303 Å². The van der Waals surface area contributed by atoms with Crippen molar-refractivity contribution in [3.05, 3.63) is 36.5 Å². The van der Waals surface area contributed by atoms with Crippen LogP contribution in [0.25, 0.3) is 0 Å². The molecule has 0 N–H and O–H groups in total. The molecule has 0 rings (SSSR count). The van der Waals surface area contributed by atoms with E-state index < -0.39 is 6.10 Å². The molecule has 0 spiro atoms. The van der Waals surface area contributed by atoms with Gasteiger partial charge in [0, 0.05) is 19.3 Å². The van der Waals surface area contributed by atoms with Crippen LogP contribution in [0.3, 0.4) is 0 Å². The Hall–Kier alpha value is -2.37. The van der Waals surface area contributed by atoms with Gasteiger partial charge < -0.3 is 14.2 Å². The summed E-state index contributed by atoms with van der Waals surface area (Å²) in [5, 5.41) is 0. The summed E-state index contributed by atoms with van der Waals surface area (Å²) >= 11 is 0. The lowest BCUT2D eigenvalue weighted by Crippen LogP contribution is -2.30. The first-order valence-electron chi connectivity index (χ1n) is 28.5. The van der Waals surface area contributed by atoms with Crippen molar-refractivity contribution in [1.82, 2.24) is 0 Å². The molecule has 0 aliphatic heterocycles. The molecule has 65 heavy (non-hydrogen) atoms. The van der Waals surface area contributed by atoms with Crippen molar-refractivity contribution in [2.24, 2.45) is 0 Å². The highest BCUT2D eigenvalue weighted by Gasteiger charge is 2.19. The van der Waals surface area contributed by atoms with Crippen LogP contribution in [0.4, 0.5) is 0 Å². The van der Waals surface area contributed by atoms with E-state index in [0.29, 0.717) is 19.3 Å². The predicted molar refractivity (Wildman–Crippen MR) is 279 cm³/mol. The maximum absolute atomic E-state index is 12.8. The minimum absolute atomic E-state index is 0.0796. The number of rotatable bonds is 52. The molecule has 0 aromatic rings. The van der Waals surface area contributed by atoms with Gasteiger partial charge in [-0.15, -0.1) is 0 Å². The molecule has 0 aliphatic carbocycles. The van der Waals surface area contributed by atoms with E-state index >= 15 is 0 Å². The molecule has 0 saturated heterocycles. The summed E-state index contributed by atoms with van der Waals surface area (Å²) in [5.41, 5.74) is 0. The number of unbranched alkanes of at least 4 members (excludes halogenated alkanes) is 35. The Balaban J connectivity index is 4.22. The van der Waals surface area contributed by atoms with Crippen molar-refractivity contribution in [3.63, 3.8) is 0 Å². The van der Waals surface area contributed by atoms with Gasteiger partial charge in [0.25, 0.3) is 0 Å². The number of ether oxygens (including phenoxy) is 3. The average molecular weight is 914 g/mol. The lowest BCUT2D eigenvalue weighted by Gasteiger charge is -2.18. The first-order valence-corrected chi connectivity index (χ1v) is 28.5. The van der Waals surface area contributed by atoms with E-state index in [-0.39, 0.29) is 31.1 Å². The maximum Gasteiger partial charge on any atom is 0.306 e. The highest BCUT2D eigenvalue weighted by molar-refractivity contribution is 5.71. The highest BCUT2D eigenvalue weighted by atomic mass is 16.6. The molecule has 0 radical (unpaired) electrons. The standard InChI is InChI=1S/C59H108O6/c1-4-7-10-13-16-19-22-24-25-26-27-28-29-30-31-32-33-35-37-40-43-46-49-52-58(61)64-55-56(54-63-57(60)51-48-45-42-39-36-21-18-15-12-9-6-3)65-59(62)53-50-47-44-41-38-34-23-20-17-14-11-8-5-2/h8,11,17,20,34,38,56H,4-7,9-10,12-16,18-19,21-33,35-37,39-55H2,1-3H3/b11-8-,20-17-,38-34-. The molecule has 0 bridgehead atoms. The Morgan fingerprint density at radius 2 is 0.600 bits per heavy atom. The topological polar surface area (TPSA) is 78.9 Å². The summed E-state index contributed by atoms with van der Waals surface area (Å²) < 4.78 is 16.8. The number of carbonyl (C=O) groups is 3. The summed E-state index contributed by atoms with van der Waals surface area (Å²) in [6, 6.07) is 0. The summed E-state index contributed by atoms with van der Waals surface area (Å²) in [6.45, 7) is 6.53. The summed E-state index contributed by atoms with van der Waals surface area (Å²) in [4.78, 5) is 38.0. The number of hydrogen-bond acceptors (Lipinski definition) is 6. The molecule has 0 aromatic carbocycles. The zero-order valence-corrected chi connectivity index (χ0v) is 43.5. The van der Waals surface area contributed by atoms with E-state index in [1.54, 1.807) is 0 Å². The van der Waals surface area contributed by atoms with Gasteiger partial charge in [0.05, 0.1) is 0 Å². The summed E-state index contributed by atoms with van der Waals surface area (Å²) in [5.74, 6) is -0.894. The monoisotopic (exact) mass is 913 g/mol. The van der Waals surface area contributed by atoms with E-state index in [4.69, 9.17) is 14.2 Å². The van der Waals surface area contributed by atoms with Crippen LogP contribution in [0.5, 0.6) is 0 Å². The van der Waals surface area contributed by atoms with Crippen molar-refractivity contribution < 1.29 is 28.6 Å². The normalized spacial score (nSPS) is 12.2. The van der Waals surface area contributed by atoms with Gasteiger partial charge in [-0.1, -0.05) is 269 Å². The van der Waals surface area contributed by atoms with Gasteiger partial charge in [-0.3, -0.25) is 14.4 Å². The first kappa shape index (κ1) is 62.6. The van der Waals surface area contributed by atoms with Gasteiger partial charge >= 0.3 is 17.9 Å². The van der Waals surface area contributed by atoms with E-state index in [9.17, 15) is 14.4 Å². The van der Waals surface area contributed by atoms with Crippen molar-refractivity contribution >= 4 is 17.9 Å². The zero-order valence-electron chi connectivity index (χ0n) is 43.5.